The van der Waals surface area contributed by atoms with Gasteiger partial charge in [0.15, 0.2) is 0 Å². The van der Waals surface area contributed by atoms with E-state index in [0.717, 1.165) is 39.0 Å². The highest BCUT2D eigenvalue weighted by Crippen LogP contribution is 2.66. The van der Waals surface area contributed by atoms with E-state index in [1.807, 2.05) is 11.3 Å². The van der Waals surface area contributed by atoms with E-state index in [2.05, 4.69) is 278 Å². The molecule has 3 aliphatic rings. The van der Waals surface area contributed by atoms with Crippen LogP contribution in [0.25, 0.3) is 86.6 Å². The van der Waals surface area contributed by atoms with Crippen molar-refractivity contribution in [2.45, 2.75) is 10.8 Å². The van der Waals surface area contributed by atoms with Crippen LogP contribution in [0.15, 0.2) is 277 Å². The quantitative estimate of drug-likeness (QED) is 0.165. The van der Waals surface area contributed by atoms with Crippen LogP contribution in [0, 0.1) is 0 Å². The standard InChI is InChI=1S/C74H45NOS/c1-3-18-48(19-4-1)73(49-20-5-2-6-21-49)60-27-12-7-22-52(60)53-40-39-51(45-65(53)73)75(50-37-34-46(35-38-50)47-36-43-69-59(44-47)55-24-11-16-33-68(55)77-69)66-31-17-30-63-70(66)57-25-8-13-28-61(57)74(63)62-29-14-9-26-58(62)71-64(74)42-41-56-54-23-10-15-32-67(54)76-72(56)71/h1-45H. The summed E-state index contributed by atoms with van der Waals surface area (Å²) in [5, 5.41) is 4.90. The molecule has 0 aliphatic heterocycles. The van der Waals surface area contributed by atoms with Crippen LogP contribution in [0.1, 0.15) is 44.5 Å². The van der Waals surface area contributed by atoms with E-state index < -0.39 is 10.8 Å². The summed E-state index contributed by atoms with van der Waals surface area (Å²) in [6, 6.07) is 102. The highest BCUT2D eigenvalue weighted by atomic mass is 32.1. The molecule has 0 N–H and O–H groups in total. The number of para-hydroxylation sites is 1. The van der Waals surface area contributed by atoms with Crippen LogP contribution in [0.2, 0.25) is 0 Å². The molecule has 0 amide bonds. The fourth-order valence-electron chi connectivity index (χ4n) is 14.3. The van der Waals surface area contributed by atoms with Crippen molar-refractivity contribution in [3.63, 3.8) is 0 Å². The van der Waals surface area contributed by atoms with Crippen LogP contribution in [-0.4, -0.2) is 0 Å². The Morgan fingerprint density at radius 2 is 0.870 bits per heavy atom. The smallest absolute Gasteiger partial charge is 0.143 e. The zero-order chi connectivity index (χ0) is 50.4. The lowest BCUT2D eigenvalue weighted by molar-refractivity contribution is 0.669. The van der Waals surface area contributed by atoms with Gasteiger partial charge in [-0.3, -0.25) is 0 Å². The summed E-state index contributed by atoms with van der Waals surface area (Å²) in [6.45, 7) is 0. The normalized spacial score (nSPS) is 15.2. The minimum atomic E-state index is -0.601. The lowest BCUT2D eigenvalue weighted by atomic mass is 9.67. The molecule has 358 valence electrons. The van der Waals surface area contributed by atoms with Gasteiger partial charge in [-0.1, -0.05) is 218 Å². The van der Waals surface area contributed by atoms with E-state index in [1.165, 1.54) is 109 Å². The fourth-order valence-corrected chi connectivity index (χ4v) is 15.4. The lowest BCUT2D eigenvalue weighted by Crippen LogP contribution is -2.28. The Morgan fingerprint density at radius 1 is 0.312 bits per heavy atom. The number of thiophene rings is 1. The van der Waals surface area contributed by atoms with Crippen molar-refractivity contribution in [1.82, 2.24) is 0 Å². The molecule has 1 spiro atoms. The van der Waals surface area contributed by atoms with Crippen LogP contribution >= 0.6 is 11.3 Å². The number of benzene rings is 12. The summed E-state index contributed by atoms with van der Waals surface area (Å²) < 4.78 is 9.55. The Morgan fingerprint density at radius 3 is 1.62 bits per heavy atom. The highest BCUT2D eigenvalue weighted by Gasteiger charge is 2.54. The molecule has 0 radical (unpaired) electrons. The van der Waals surface area contributed by atoms with Crippen LogP contribution in [0.4, 0.5) is 17.1 Å². The maximum absolute atomic E-state index is 6.92. The second-order valence-electron chi connectivity index (χ2n) is 21.0. The Bertz CT molecular complexity index is 4720. The molecule has 2 aromatic heterocycles. The molecule has 2 nitrogen and oxygen atoms in total. The number of anilines is 3. The average molecular weight is 996 g/mol. The molecular formula is C74H45NOS. The van der Waals surface area contributed by atoms with Crippen molar-refractivity contribution in [3.05, 3.63) is 317 Å². The minimum absolute atomic E-state index is 0.570. The maximum Gasteiger partial charge on any atom is 0.143 e. The topological polar surface area (TPSA) is 16.4 Å². The zero-order valence-corrected chi connectivity index (χ0v) is 42.6. The van der Waals surface area contributed by atoms with Gasteiger partial charge < -0.3 is 9.32 Å². The van der Waals surface area contributed by atoms with Gasteiger partial charge in [-0.05, 0) is 132 Å². The SMILES string of the molecule is c1ccc(C2(c3ccccc3)c3ccccc3-c3ccc(N(c4ccc(-c5ccc6sc7ccccc7c6c5)cc4)c4cccc5c4-c4ccccc4C54c5ccccc5-c5c4ccc4c5oc5ccccc54)cc32)cc1. The van der Waals surface area contributed by atoms with Gasteiger partial charge in [0.2, 0.25) is 0 Å². The van der Waals surface area contributed by atoms with E-state index in [1.54, 1.807) is 0 Å². The van der Waals surface area contributed by atoms with Crippen molar-refractivity contribution < 1.29 is 4.42 Å². The summed E-state index contributed by atoms with van der Waals surface area (Å²) in [7, 11) is 0. The fraction of sp³-hybridized carbons (Fsp3) is 0.0270. The van der Waals surface area contributed by atoms with Gasteiger partial charge in [0, 0.05) is 53.4 Å². The molecule has 12 aromatic carbocycles. The molecule has 3 aliphatic carbocycles. The number of fused-ring (bicyclic) bond motifs is 20. The van der Waals surface area contributed by atoms with Crippen molar-refractivity contribution >= 4 is 70.5 Å². The van der Waals surface area contributed by atoms with Gasteiger partial charge in [0.1, 0.15) is 11.2 Å². The second kappa shape index (κ2) is 16.0. The van der Waals surface area contributed by atoms with Gasteiger partial charge in [0.05, 0.1) is 16.5 Å². The lowest BCUT2D eigenvalue weighted by Gasteiger charge is -2.35. The summed E-state index contributed by atoms with van der Waals surface area (Å²) in [4.78, 5) is 2.54. The van der Waals surface area contributed by atoms with Crippen molar-refractivity contribution in [1.29, 1.82) is 0 Å². The average Bonchev–Trinajstić information content (AvgIpc) is 3.80. The van der Waals surface area contributed by atoms with Crippen LogP contribution < -0.4 is 4.90 Å². The van der Waals surface area contributed by atoms with Crippen molar-refractivity contribution in [3.8, 4) is 44.5 Å². The van der Waals surface area contributed by atoms with Gasteiger partial charge in [0.25, 0.3) is 0 Å². The summed E-state index contributed by atoms with van der Waals surface area (Å²) in [6.07, 6.45) is 0. The maximum atomic E-state index is 6.92. The molecule has 1 atom stereocenters. The number of hydrogen-bond donors (Lipinski definition) is 0. The Hall–Kier alpha value is -9.54. The first-order valence-corrected chi connectivity index (χ1v) is 27.5. The Balaban J connectivity index is 0.929. The molecule has 77 heavy (non-hydrogen) atoms. The summed E-state index contributed by atoms with van der Waals surface area (Å²) >= 11 is 1.86. The molecule has 0 saturated heterocycles. The molecule has 0 bridgehead atoms. The molecular weight excluding hydrogens is 951 g/mol. The predicted octanol–water partition coefficient (Wildman–Crippen LogP) is 19.8. The first-order chi connectivity index (χ1) is 38.2. The van der Waals surface area contributed by atoms with Gasteiger partial charge in [-0.15, -0.1) is 11.3 Å². The van der Waals surface area contributed by atoms with E-state index in [9.17, 15) is 0 Å². The number of hydrogen-bond acceptors (Lipinski definition) is 3. The Kier molecular flexibility index (Phi) is 8.88. The number of rotatable bonds is 6. The first-order valence-electron chi connectivity index (χ1n) is 26.6. The minimum Gasteiger partial charge on any atom is -0.455 e. The molecule has 1 unspecified atom stereocenters. The van der Waals surface area contributed by atoms with E-state index in [0.29, 0.717) is 0 Å². The van der Waals surface area contributed by atoms with E-state index >= 15 is 0 Å². The van der Waals surface area contributed by atoms with Crippen LogP contribution in [-0.2, 0) is 10.8 Å². The molecule has 0 saturated carbocycles. The third-order valence-corrected chi connectivity index (χ3v) is 18.5. The van der Waals surface area contributed by atoms with E-state index in [4.69, 9.17) is 4.42 Å². The molecule has 3 heteroatoms. The molecule has 2 heterocycles. The predicted molar refractivity (Wildman–Crippen MR) is 320 cm³/mol. The van der Waals surface area contributed by atoms with Crippen LogP contribution in [0.5, 0.6) is 0 Å². The zero-order valence-electron chi connectivity index (χ0n) is 41.7. The van der Waals surface area contributed by atoms with Gasteiger partial charge in [-0.2, -0.15) is 0 Å². The molecule has 17 rings (SSSR count). The molecule has 0 fully saturated rings. The van der Waals surface area contributed by atoms with Crippen molar-refractivity contribution in [2.24, 2.45) is 0 Å². The highest BCUT2D eigenvalue weighted by molar-refractivity contribution is 7.25. The summed E-state index contributed by atoms with van der Waals surface area (Å²) in [5.74, 6) is 0. The Labute approximate surface area is 450 Å². The van der Waals surface area contributed by atoms with Gasteiger partial charge >= 0.3 is 0 Å². The number of furan rings is 1. The second-order valence-corrected chi connectivity index (χ2v) is 22.0. The monoisotopic (exact) mass is 995 g/mol. The van der Waals surface area contributed by atoms with Crippen LogP contribution in [0.3, 0.4) is 0 Å². The number of nitrogens with zero attached hydrogens (tertiary/aromatic N) is 1. The van der Waals surface area contributed by atoms with E-state index in [-0.39, 0.29) is 0 Å². The largest absolute Gasteiger partial charge is 0.455 e. The summed E-state index contributed by atoms with van der Waals surface area (Å²) in [5.41, 5.74) is 23.9. The molecule has 14 aromatic rings. The van der Waals surface area contributed by atoms with Crippen molar-refractivity contribution in [2.75, 3.05) is 4.90 Å². The first kappa shape index (κ1) is 42.8. The van der Waals surface area contributed by atoms with Gasteiger partial charge in [-0.25, -0.2) is 0 Å². The third kappa shape index (κ3) is 5.68. The third-order valence-electron chi connectivity index (χ3n) is 17.4.